The van der Waals surface area contributed by atoms with E-state index in [1.54, 1.807) is 19.1 Å². The summed E-state index contributed by atoms with van der Waals surface area (Å²) in [5.74, 6) is -0.420. The van der Waals surface area contributed by atoms with E-state index in [2.05, 4.69) is 4.98 Å². The van der Waals surface area contributed by atoms with Crippen LogP contribution in [0, 0.1) is 5.92 Å². The van der Waals surface area contributed by atoms with Gasteiger partial charge in [-0.15, -0.1) is 0 Å². The molecule has 1 aromatic rings. The second-order valence-corrected chi connectivity index (χ2v) is 5.61. The van der Waals surface area contributed by atoms with Crippen LogP contribution in [0.5, 0.6) is 0 Å². The molecule has 1 heterocycles. The average molecular weight is 296 g/mol. The third-order valence-corrected chi connectivity index (χ3v) is 4.37. The Hall–Kier alpha value is -1.82. The average Bonchev–Trinajstić information content (AvgIpc) is 2.35. The Balaban J connectivity index is 2.22. The number of hydrogen-bond donors (Lipinski definition) is 2. The Kier molecular flexibility index (Phi) is 2.92. The Morgan fingerprint density at radius 1 is 1.43 bits per heavy atom. The minimum Gasteiger partial charge on any atom is -0.326 e. The number of aromatic amines is 1. The highest BCUT2D eigenvalue weighted by molar-refractivity contribution is 5.49. The maximum Gasteiger partial charge on any atom is 0.412 e. The summed E-state index contributed by atoms with van der Waals surface area (Å²) in [4.78, 5) is 14.1. The lowest BCUT2D eigenvalue weighted by Crippen LogP contribution is -2.49. The summed E-state index contributed by atoms with van der Waals surface area (Å²) in [6.07, 6.45) is -1.30. The van der Waals surface area contributed by atoms with Crippen molar-refractivity contribution in [3.63, 3.8) is 0 Å². The molecule has 0 aliphatic heterocycles. The highest BCUT2D eigenvalue weighted by atomic mass is 19.4. The van der Waals surface area contributed by atoms with Gasteiger partial charge in [0, 0.05) is 29.7 Å². The van der Waals surface area contributed by atoms with Crippen molar-refractivity contribution in [3.8, 4) is 0 Å². The highest BCUT2D eigenvalue weighted by Crippen LogP contribution is 2.50. The normalized spacial score (nSPS) is 30.0. The minimum absolute atomic E-state index is 0.264. The number of nitrogens with one attached hydrogen (secondary N) is 1. The van der Waals surface area contributed by atoms with Crippen molar-refractivity contribution in [3.05, 3.63) is 57.0 Å². The molecule has 0 unspecified atom stereocenters. The zero-order valence-corrected chi connectivity index (χ0v) is 11.4. The van der Waals surface area contributed by atoms with Crippen molar-refractivity contribution in [1.29, 1.82) is 0 Å². The van der Waals surface area contributed by atoms with Gasteiger partial charge < -0.3 is 10.7 Å². The summed E-state index contributed by atoms with van der Waals surface area (Å²) in [5.41, 5.74) is 6.33. The van der Waals surface area contributed by atoms with Crippen LogP contribution in [-0.2, 0) is 12.0 Å². The van der Waals surface area contributed by atoms with E-state index in [9.17, 15) is 18.0 Å². The minimum atomic E-state index is -4.37. The van der Waals surface area contributed by atoms with Crippen LogP contribution in [-0.4, -0.2) is 11.2 Å². The zero-order chi connectivity index (χ0) is 15.4. The second-order valence-electron chi connectivity index (χ2n) is 5.61. The molecular weight excluding hydrogens is 281 g/mol. The van der Waals surface area contributed by atoms with E-state index in [4.69, 9.17) is 5.73 Å². The first-order valence-electron chi connectivity index (χ1n) is 6.72. The second kappa shape index (κ2) is 4.34. The van der Waals surface area contributed by atoms with E-state index in [1.807, 2.05) is 0 Å². The van der Waals surface area contributed by atoms with E-state index in [-0.39, 0.29) is 12.0 Å². The number of pyridine rings is 1. The molecule has 2 aliphatic rings. The third-order valence-electron chi connectivity index (χ3n) is 4.37. The largest absolute Gasteiger partial charge is 0.412 e. The SMILES string of the molecule is CC=C1[C@H]2C=C(C(F)(F)F)C[C@]1(N)c1ccc(=O)[nH]c1C2. The molecule has 2 atom stereocenters. The Morgan fingerprint density at radius 3 is 2.76 bits per heavy atom. The number of H-pyrrole nitrogens is 1. The molecule has 0 saturated carbocycles. The fourth-order valence-electron chi connectivity index (χ4n) is 3.53. The molecule has 0 fully saturated rings. The first kappa shape index (κ1) is 14.1. The summed E-state index contributed by atoms with van der Waals surface area (Å²) in [6.45, 7) is 1.78. The van der Waals surface area contributed by atoms with Crippen molar-refractivity contribution in [2.75, 3.05) is 0 Å². The van der Waals surface area contributed by atoms with Crippen molar-refractivity contribution >= 4 is 0 Å². The fourth-order valence-corrected chi connectivity index (χ4v) is 3.53. The number of alkyl halides is 3. The van der Waals surface area contributed by atoms with Gasteiger partial charge in [-0.25, -0.2) is 0 Å². The molecule has 0 radical (unpaired) electrons. The van der Waals surface area contributed by atoms with Crippen LogP contribution in [0.1, 0.15) is 24.6 Å². The Labute approximate surface area is 119 Å². The molecule has 3 N–H and O–H groups in total. The van der Waals surface area contributed by atoms with E-state index >= 15 is 0 Å². The number of rotatable bonds is 0. The molecule has 0 spiro atoms. The molecule has 0 saturated heterocycles. The lowest BCUT2D eigenvalue weighted by atomic mass is 9.63. The van der Waals surface area contributed by atoms with E-state index in [1.165, 1.54) is 12.1 Å². The first-order chi connectivity index (χ1) is 9.75. The number of hydrogen-bond acceptors (Lipinski definition) is 2. The summed E-state index contributed by atoms with van der Waals surface area (Å²) in [5, 5.41) is 0. The number of fused-ring (bicyclic) bond motifs is 4. The van der Waals surface area contributed by atoms with Gasteiger partial charge >= 0.3 is 6.18 Å². The maximum atomic E-state index is 13.1. The smallest absolute Gasteiger partial charge is 0.326 e. The van der Waals surface area contributed by atoms with Gasteiger partial charge in [-0.05, 0) is 30.5 Å². The van der Waals surface area contributed by atoms with Crippen LogP contribution in [0.25, 0.3) is 0 Å². The van der Waals surface area contributed by atoms with E-state index < -0.39 is 23.2 Å². The van der Waals surface area contributed by atoms with Gasteiger partial charge in [-0.1, -0.05) is 12.2 Å². The fraction of sp³-hybridized carbons (Fsp3) is 0.400. The van der Waals surface area contributed by atoms with Crippen molar-refractivity contribution < 1.29 is 13.2 Å². The highest BCUT2D eigenvalue weighted by Gasteiger charge is 2.49. The number of allylic oxidation sites excluding steroid dienone is 2. The number of halogens is 3. The van der Waals surface area contributed by atoms with Gasteiger partial charge in [0.15, 0.2) is 0 Å². The van der Waals surface area contributed by atoms with Crippen LogP contribution >= 0.6 is 0 Å². The monoisotopic (exact) mass is 296 g/mol. The van der Waals surface area contributed by atoms with Crippen LogP contribution in [0.4, 0.5) is 13.2 Å². The Bertz CT molecular complexity index is 714. The predicted octanol–water partition coefficient (Wildman–Crippen LogP) is 2.54. The van der Waals surface area contributed by atoms with E-state index in [0.717, 1.165) is 5.57 Å². The summed E-state index contributed by atoms with van der Waals surface area (Å²) >= 11 is 0. The molecule has 112 valence electrons. The molecule has 0 amide bonds. The molecular formula is C15H15F3N2O. The quantitative estimate of drug-likeness (QED) is 0.723. The summed E-state index contributed by atoms with van der Waals surface area (Å²) < 4.78 is 39.3. The molecule has 3 nitrogen and oxygen atoms in total. The number of nitrogens with two attached hydrogens (primary N) is 1. The molecule has 3 rings (SSSR count). The van der Waals surface area contributed by atoms with Crippen LogP contribution < -0.4 is 11.3 Å². The lowest BCUT2D eigenvalue weighted by Gasteiger charge is -2.45. The third kappa shape index (κ3) is 2.05. The molecule has 2 bridgehead atoms. The van der Waals surface area contributed by atoms with Crippen molar-refractivity contribution in [2.24, 2.45) is 11.7 Å². The van der Waals surface area contributed by atoms with Gasteiger partial charge in [0.25, 0.3) is 0 Å². The molecule has 6 heteroatoms. The topological polar surface area (TPSA) is 58.9 Å². The molecule has 21 heavy (non-hydrogen) atoms. The Morgan fingerprint density at radius 2 is 2.14 bits per heavy atom. The molecule has 0 aromatic carbocycles. The number of aromatic nitrogens is 1. The first-order valence-corrected chi connectivity index (χ1v) is 6.72. The summed E-state index contributed by atoms with van der Waals surface area (Å²) in [7, 11) is 0. The van der Waals surface area contributed by atoms with Gasteiger partial charge in [-0.3, -0.25) is 4.79 Å². The van der Waals surface area contributed by atoms with Crippen molar-refractivity contribution in [2.45, 2.75) is 31.5 Å². The standard InChI is InChI=1S/C15H15F3N2O/c1-2-10-8-5-9(15(16,17)18)7-14(10,19)11-3-4-13(21)20-12(11)6-8/h2-5,8H,6-7,19H2,1H3,(H,20,21)/t8-,14+/m0/s1. The van der Waals surface area contributed by atoms with Gasteiger partial charge in [0.05, 0.1) is 5.54 Å². The van der Waals surface area contributed by atoms with Crippen LogP contribution in [0.2, 0.25) is 0 Å². The predicted molar refractivity (Wildman–Crippen MR) is 72.6 cm³/mol. The molecule has 2 aliphatic carbocycles. The van der Waals surface area contributed by atoms with Gasteiger partial charge in [-0.2, -0.15) is 13.2 Å². The summed E-state index contributed by atoms with van der Waals surface area (Å²) in [6, 6.07) is 2.86. The lowest BCUT2D eigenvalue weighted by molar-refractivity contribution is -0.0970. The maximum absolute atomic E-state index is 13.1. The van der Waals surface area contributed by atoms with Crippen LogP contribution in [0.15, 0.2) is 40.2 Å². The van der Waals surface area contributed by atoms with Gasteiger partial charge in [0.1, 0.15) is 0 Å². The molecule has 1 aromatic heterocycles. The van der Waals surface area contributed by atoms with Crippen LogP contribution in [0.3, 0.4) is 0 Å². The van der Waals surface area contributed by atoms with Crippen molar-refractivity contribution in [1.82, 2.24) is 4.98 Å². The zero-order valence-electron chi connectivity index (χ0n) is 11.4. The van der Waals surface area contributed by atoms with Gasteiger partial charge in [0.2, 0.25) is 5.56 Å². The van der Waals surface area contributed by atoms with E-state index in [0.29, 0.717) is 17.7 Å².